The molecule has 2 saturated heterocycles. The minimum absolute atomic E-state index is 0.0995. The Morgan fingerprint density at radius 2 is 2.47 bits per heavy atom. The average molecular weight is 258 g/mol. The molecular formula is C8H10N4O4S. The second kappa shape index (κ2) is 3.71. The normalized spacial score (nSPS) is 39.2. The van der Waals surface area contributed by atoms with Gasteiger partial charge >= 0.3 is 5.97 Å². The molecule has 2 aliphatic rings. The van der Waals surface area contributed by atoms with Crippen molar-refractivity contribution in [2.24, 2.45) is 5.11 Å². The van der Waals surface area contributed by atoms with Gasteiger partial charge in [-0.05, 0) is 12.5 Å². The Hall–Kier alpha value is -1.60. The first-order valence-corrected chi connectivity index (χ1v) is 6.10. The lowest BCUT2D eigenvalue weighted by Crippen LogP contribution is -2.57. The second-order valence-electron chi connectivity index (χ2n) is 4.20. The van der Waals surface area contributed by atoms with Crippen LogP contribution in [0.3, 0.4) is 0 Å². The zero-order chi connectivity index (χ0) is 12.8. The molecular weight excluding hydrogens is 248 g/mol. The summed E-state index contributed by atoms with van der Waals surface area (Å²) < 4.78 is 10.9. The molecule has 0 aromatic carbocycles. The number of hydrogen-bond acceptors (Lipinski definition) is 4. The van der Waals surface area contributed by atoms with Gasteiger partial charge in [-0.25, -0.2) is 4.79 Å². The van der Waals surface area contributed by atoms with Crippen molar-refractivity contribution in [1.82, 2.24) is 4.90 Å². The molecule has 4 atom stereocenters. The summed E-state index contributed by atoms with van der Waals surface area (Å²) in [4.78, 5) is 26.2. The third-order valence-corrected chi connectivity index (χ3v) is 5.35. The number of rotatable bonds is 3. The van der Waals surface area contributed by atoms with Gasteiger partial charge in [0, 0.05) is 11.5 Å². The van der Waals surface area contributed by atoms with E-state index in [9.17, 15) is 13.8 Å². The molecule has 2 heterocycles. The van der Waals surface area contributed by atoms with Crippen molar-refractivity contribution in [2.75, 3.05) is 6.54 Å². The van der Waals surface area contributed by atoms with Gasteiger partial charge in [0.1, 0.15) is 11.4 Å². The first-order valence-electron chi connectivity index (χ1n) is 4.89. The Labute approximate surface area is 98.7 Å². The van der Waals surface area contributed by atoms with E-state index in [1.54, 1.807) is 0 Å². The summed E-state index contributed by atoms with van der Waals surface area (Å²) in [6.07, 6.45) is 0.0995. The summed E-state index contributed by atoms with van der Waals surface area (Å²) in [5.74, 6) is -1.54. The Balaban J connectivity index is 2.42. The number of β-lactam (4-membered cyclic amide) rings is 1. The predicted molar refractivity (Wildman–Crippen MR) is 57.2 cm³/mol. The molecule has 0 aromatic heterocycles. The van der Waals surface area contributed by atoms with Crippen LogP contribution in [0.5, 0.6) is 0 Å². The highest BCUT2D eigenvalue weighted by molar-refractivity contribution is 7.87. The van der Waals surface area contributed by atoms with Crippen LogP contribution in [-0.4, -0.2) is 48.8 Å². The lowest BCUT2D eigenvalue weighted by molar-refractivity contribution is -0.157. The smallest absolute Gasteiger partial charge is 0.328 e. The second-order valence-corrected chi connectivity index (χ2v) is 6.27. The highest BCUT2D eigenvalue weighted by atomic mass is 32.2. The number of fused-ring (bicyclic) bond motifs is 1. The maximum atomic E-state index is 12.1. The van der Waals surface area contributed by atoms with Crippen molar-refractivity contribution in [2.45, 2.75) is 29.5 Å². The fourth-order valence-corrected chi connectivity index (χ4v) is 4.29. The largest absolute Gasteiger partial charge is 0.480 e. The molecule has 0 saturated carbocycles. The van der Waals surface area contributed by atoms with Crippen LogP contribution in [0.25, 0.3) is 10.4 Å². The van der Waals surface area contributed by atoms with Gasteiger partial charge in [0.15, 0.2) is 0 Å². The van der Waals surface area contributed by atoms with Crippen molar-refractivity contribution in [1.29, 1.82) is 0 Å². The molecule has 1 N–H and O–H groups in total. The van der Waals surface area contributed by atoms with Crippen LogP contribution in [0.1, 0.15) is 13.3 Å². The topological polar surface area (TPSA) is 123 Å². The minimum Gasteiger partial charge on any atom is -0.480 e. The number of carboxylic acid groups (broad SMARTS) is 1. The number of nitrogens with zero attached hydrogens (tertiary/aromatic N) is 4. The van der Waals surface area contributed by atoms with E-state index in [1.807, 2.05) is 0 Å². The van der Waals surface area contributed by atoms with Gasteiger partial charge in [0.25, 0.3) is 0 Å². The van der Waals surface area contributed by atoms with E-state index in [4.69, 9.17) is 10.6 Å². The van der Waals surface area contributed by atoms with Gasteiger partial charge in [0.2, 0.25) is 5.91 Å². The number of azide groups is 1. The van der Waals surface area contributed by atoms with Crippen molar-refractivity contribution in [3.05, 3.63) is 10.4 Å². The lowest BCUT2D eigenvalue weighted by atomic mass is 9.97. The van der Waals surface area contributed by atoms with Crippen LogP contribution in [0.4, 0.5) is 0 Å². The molecule has 0 radical (unpaired) electrons. The van der Waals surface area contributed by atoms with Crippen LogP contribution in [0.15, 0.2) is 5.11 Å². The van der Waals surface area contributed by atoms with Crippen LogP contribution < -0.4 is 0 Å². The summed E-state index contributed by atoms with van der Waals surface area (Å²) in [6.45, 7) is 1.27. The molecule has 0 aliphatic carbocycles. The van der Waals surface area contributed by atoms with Crippen LogP contribution in [-0.2, 0) is 20.4 Å². The highest BCUT2D eigenvalue weighted by Gasteiger charge is 2.64. The molecule has 92 valence electrons. The zero-order valence-electron chi connectivity index (χ0n) is 8.94. The SMILES string of the molecule is C[C@]1(CN=[N+]=[N-])[C@H](C(=O)O)N2C(=O)C[C@@H]2S1=O. The Bertz CT molecular complexity index is 474. The Morgan fingerprint density at radius 3 is 2.94 bits per heavy atom. The van der Waals surface area contributed by atoms with Gasteiger partial charge in [-0.15, -0.1) is 0 Å². The van der Waals surface area contributed by atoms with Crippen molar-refractivity contribution in [3.8, 4) is 0 Å². The van der Waals surface area contributed by atoms with Gasteiger partial charge in [-0.3, -0.25) is 9.00 Å². The highest BCUT2D eigenvalue weighted by Crippen LogP contribution is 2.43. The molecule has 1 amide bonds. The van der Waals surface area contributed by atoms with E-state index in [-0.39, 0.29) is 18.9 Å². The van der Waals surface area contributed by atoms with Gasteiger partial charge in [-0.2, -0.15) is 0 Å². The fraction of sp³-hybridized carbons (Fsp3) is 0.750. The molecule has 17 heavy (non-hydrogen) atoms. The summed E-state index contributed by atoms with van der Waals surface area (Å²) in [5.41, 5.74) is 8.28. The molecule has 0 spiro atoms. The van der Waals surface area contributed by atoms with Gasteiger partial charge in [0.05, 0.1) is 22.0 Å². The minimum atomic E-state index is -1.53. The number of carboxylic acids is 1. The number of carbonyl (C=O) groups excluding carboxylic acids is 1. The van der Waals surface area contributed by atoms with Crippen molar-refractivity contribution < 1.29 is 18.9 Å². The molecule has 1 unspecified atom stereocenters. The van der Waals surface area contributed by atoms with Gasteiger partial charge in [-0.1, -0.05) is 5.11 Å². The fourth-order valence-electron chi connectivity index (χ4n) is 2.31. The number of carbonyl (C=O) groups is 2. The van der Waals surface area contributed by atoms with E-state index in [1.165, 1.54) is 6.92 Å². The van der Waals surface area contributed by atoms with Crippen LogP contribution >= 0.6 is 0 Å². The maximum absolute atomic E-state index is 12.1. The summed E-state index contributed by atoms with van der Waals surface area (Å²) in [7, 11) is -1.53. The monoisotopic (exact) mass is 258 g/mol. The quantitative estimate of drug-likeness (QED) is 0.326. The van der Waals surface area contributed by atoms with Crippen LogP contribution in [0.2, 0.25) is 0 Å². The van der Waals surface area contributed by atoms with E-state index in [2.05, 4.69) is 10.0 Å². The van der Waals surface area contributed by atoms with E-state index in [0.29, 0.717) is 0 Å². The van der Waals surface area contributed by atoms with E-state index >= 15 is 0 Å². The molecule has 8 nitrogen and oxygen atoms in total. The third kappa shape index (κ3) is 1.43. The molecule has 2 aliphatic heterocycles. The summed E-state index contributed by atoms with van der Waals surface area (Å²) in [5, 5.41) is 11.9. The van der Waals surface area contributed by atoms with Crippen LogP contribution in [0, 0.1) is 0 Å². The summed E-state index contributed by atoms with van der Waals surface area (Å²) in [6, 6.07) is -1.18. The number of hydrogen-bond donors (Lipinski definition) is 1. The molecule has 9 heteroatoms. The van der Waals surface area contributed by atoms with E-state index in [0.717, 1.165) is 4.90 Å². The standard InChI is InChI=1S/C8H10N4O4S/c1-8(3-10-11-9)6(7(14)15)12-4(13)2-5(12)17(8)16/h5-6H,2-3H2,1H3,(H,14,15)/t5-,6-,8-,17?/m0/s1. The molecule has 0 bridgehead atoms. The molecule has 0 aromatic rings. The number of amides is 1. The zero-order valence-corrected chi connectivity index (χ0v) is 9.75. The van der Waals surface area contributed by atoms with E-state index < -0.39 is 32.9 Å². The third-order valence-electron chi connectivity index (χ3n) is 3.19. The summed E-state index contributed by atoms with van der Waals surface area (Å²) >= 11 is 0. The molecule has 2 fully saturated rings. The molecule has 2 rings (SSSR count). The average Bonchev–Trinajstić information content (AvgIpc) is 2.44. The van der Waals surface area contributed by atoms with Gasteiger partial charge < -0.3 is 10.0 Å². The first kappa shape index (κ1) is 11.9. The first-order chi connectivity index (χ1) is 7.93. The van der Waals surface area contributed by atoms with Crippen molar-refractivity contribution >= 4 is 22.7 Å². The lowest BCUT2D eigenvalue weighted by Gasteiger charge is -2.36. The van der Waals surface area contributed by atoms with Crippen molar-refractivity contribution in [3.63, 3.8) is 0 Å². The number of aliphatic carboxylic acids is 1. The Kier molecular flexibility index (Phi) is 2.59. The Morgan fingerprint density at radius 1 is 1.82 bits per heavy atom. The predicted octanol–water partition coefficient (Wildman–Crippen LogP) is -0.171. The maximum Gasteiger partial charge on any atom is 0.328 e.